The molecule has 0 bridgehead atoms. The van der Waals surface area contributed by atoms with Crippen molar-refractivity contribution in [3.05, 3.63) is 83.7 Å². The summed E-state index contributed by atoms with van der Waals surface area (Å²) < 4.78 is 49.6. The number of thioether (sulfide) groups is 1. The summed E-state index contributed by atoms with van der Waals surface area (Å²) in [6, 6.07) is 18.4. The summed E-state index contributed by atoms with van der Waals surface area (Å²) in [5.41, 5.74) is 4.04. The van der Waals surface area contributed by atoms with Crippen LogP contribution in [0.1, 0.15) is 16.7 Å². The van der Waals surface area contributed by atoms with Gasteiger partial charge in [0.15, 0.2) is 17.6 Å². The van der Waals surface area contributed by atoms with Crippen molar-refractivity contribution >= 4 is 40.2 Å². The van der Waals surface area contributed by atoms with Gasteiger partial charge in [-0.25, -0.2) is 14.5 Å². The third-order valence-electron chi connectivity index (χ3n) is 6.59. The van der Waals surface area contributed by atoms with E-state index >= 15 is 0 Å². The van der Waals surface area contributed by atoms with E-state index in [9.17, 15) is 22.8 Å². The van der Waals surface area contributed by atoms with E-state index in [1.165, 1.54) is 4.90 Å². The molecule has 15 heteroatoms. The molecule has 46 heavy (non-hydrogen) atoms. The zero-order valence-corrected chi connectivity index (χ0v) is 25.4. The van der Waals surface area contributed by atoms with Crippen molar-refractivity contribution in [2.24, 2.45) is 4.99 Å². The van der Waals surface area contributed by atoms with Gasteiger partial charge in [-0.3, -0.25) is 9.69 Å². The molecular weight excluding hydrogens is 623 g/mol. The van der Waals surface area contributed by atoms with Gasteiger partial charge in [0.1, 0.15) is 24.8 Å². The number of aliphatic imine (C=N–C) groups is 1. The first-order valence-electron chi connectivity index (χ1n) is 13.7. The highest BCUT2D eigenvalue weighted by atomic mass is 32.2. The minimum absolute atomic E-state index is 0.00932. The molecule has 0 unspecified atom stereocenters. The first kappa shape index (κ1) is 32.2. The van der Waals surface area contributed by atoms with Crippen molar-refractivity contribution in [1.29, 1.82) is 5.26 Å². The number of benzene rings is 3. The van der Waals surface area contributed by atoms with E-state index in [0.29, 0.717) is 39.6 Å². The predicted molar refractivity (Wildman–Crippen MR) is 166 cm³/mol. The summed E-state index contributed by atoms with van der Waals surface area (Å²) in [5, 5.41) is 16.0. The highest BCUT2D eigenvalue weighted by molar-refractivity contribution is 8.15. The molecule has 1 aliphatic rings. The maximum absolute atomic E-state index is 13.0. The van der Waals surface area contributed by atoms with Gasteiger partial charge in [0, 0.05) is 16.8 Å². The van der Waals surface area contributed by atoms with Gasteiger partial charge in [-0.2, -0.15) is 23.4 Å². The lowest BCUT2D eigenvalue weighted by molar-refractivity contribution is -0.176. The first-order chi connectivity index (χ1) is 22.0. The maximum atomic E-state index is 13.0. The lowest BCUT2D eigenvalue weighted by atomic mass is 10.1. The number of rotatable bonds is 9. The van der Waals surface area contributed by atoms with E-state index in [1.54, 1.807) is 85.5 Å². The average molecular weight is 650 g/mol. The fraction of sp³-hybridized carbons (Fsp3) is 0.226. The van der Waals surface area contributed by atoms with E-state index in [2.05, 4.69) is 20.4 Å². The standard InChI is InChI=1S/C31H26F3N7O4S/c1-19-3-4-22(15-44-17-31(32,33)34)26(13-19)41-27(42)16-46-30(41)38-29(43)37-25-10-5-21(14-20(25)2)28-36-18-40(39-28)23-6-8-24(9-7-23)45-12-11-35/h3-10,13-14,18H,12,15-17H2,1-2H3,(H,37,43). The molecule has 5 rings (SSSR count). The van der Waals surface area contributed by atoms with Crippen LogP contribution in [-0.4, -0.2) is 57.0 Å². The highest BCUT2D eigenvalue weighted by Crippen LogP contribution is 2.32. The smallest absolute Gasteiger partial charge is 0.411 e. The number of nitrogens with one attached hydrogen (secondary N) is 1. The molecule has 1 aliphatic heterocycles. The van der Waals surface area contributed by atoms with Gasteiger partial charge in [-0.1, -0.05) is 23.9 Å². The molecule has 1 N–H and O–H groups in total. The van der Waals surface area contributed by atoms with Crippen molar-refractivity contribution in [3.63, 3.8) is 0 Å². The van der Waals surface area contributed by atoms with Crippen molar-refractivity contribution < 1.29 is 32.2 Å². The van der Waals surface area contributed by atoms with Crippen LogP contribution in [0.2, 0.25) is 0 Å². The van der Waals surface area contributed by atoms with Crippen LogP contribution in [0.5, 0.6) is 5.75 Å². The number of hydrogen-bond donors (Lipinski definition) is 1. The normalized spacial score (nSPS) is 14.0. The van der Waals surface area contributed by atoms with Crippen LogP contribution in [-0.2, 0) is 16.1 Å². The minimum Gasteiger partial charge on any atom is -0.479 e. The van der Waals surface area contributed by atoms with Crippen LogP contribution < -0.4 is 15.0 Å². The number of ether oxygens (including phenoxy) is 2. The van der Waals surface area contributed by atoms with Crippen LogP contribution in [0.25, 0.3) is 17.1 Å². The van der Waals surface area contributed by atoms with E-state index in [-0.39, 0.29) is 30.0 Å². The molecule has 1 fully saturated rings. The molecule has 1 saturated heterocycles. The number of halogens is 3. The number of aryl methyl sites for hydroxylation is 2. The Morgan fingerprint density at radius 3 is 2.63 bits per heavy atom. The largest absolute Gasteiger partial charge is 0.479 e. The molecule has 3 amide bonds. The van der Waals surface area contributed by atoms with Crippen LogP contribution in [0.4, 0.5) is 29.3 Å². The molecule has 236 valence electrons. The second kappa shape index (κ2) is 13.8. The monoisotopic (exact) mass is 649 g/mol. The number of aromatic nitrogens is 3. The third-order valence-corrected chi connectivity index (χ3v) is 7.51. The highest BCUT2D eigenvalue weighted by Gasteiger charge is 2.33. The molecule has 2 heterocycles. The lowest BCUT2D eigenvalue weighted by Crippen LogP contribution is -2.31. The van der Waals surface area contributed by atoms with Gasteiger partial charge in [0.2, 0.25) is 5.91 Å². The quantitative estimate of drug-likeness (QED) is 0.227. The zero-order chi connectivity index (χ0) is 32.8. The first-order valence-corrected chi connectivity index (χ1v) is 14.7. The van der Waals surface area contributed by atoms with Gasteiger partial charge in [-0.15, -0.1) is 5.10 Å². The average Bonchev–Trinajstić information content (AvgIpc) is 3.64. The Morgan fingerprint density at radius 1 is 1.13 bits per heavy atom. The zero-order valence-electron chi connectivity index (χ0n) is 24.5. The van der Waals surface area contributed by atoms with Gasteiger partial charge >= 0.3 is 12.2 Å². The lowest BCUT2D eigenvalue weighted by Gasteiger charge is -2.21. The van der Waals surface area contributed by atoms with Crippen LogP contribution in [0.3, 0.4) is 0 Å². The minimum atomic E-state index is -4.49. The molecule has 0 spiro atoms. The van der Waals surface area contributed by atoms with Crippen LogP contribution in [0, 0.1) is 25.2 Å². The van der Waals surface area contributed by atoms with Crippen molar-refractivity contribution in [1.82, 2.24) is 14.8 Å². The number of carbonyl (C=O) groups excluding carboxylic acids is 2. The Balaban J connectivity index is 1.29. The predicted octanol–water partition coefficient (Wildman–Crippen LogP) is 6.20. The fourth-order valence-corrected chi connectivity index (χ4v) is 5.32. The molecule has 0 saturated carbocycles. The number of urea groups is 1. The Morgan fingerprint density at radius 2 is 1.91 bits per heavy atom. The van der Waals surface area contributed by atoms with Gasteiger partial charge < -0.3 is 14.8 Å². The van der Waals surface area contributed by atoms with E-state index in [1.807, 2.05) is 6.07 Å². The Kier molecular flexibility index (Phi) is 9.69. The van der Waals surface area contributed by atoms with E-state index in [4.69, 9.17) is 14.7 Å². The van der Waals surface area contributed by atoms with Crippen molar-refractivity contribution in [3.8, 4) is 28.9 Å². The summed E-state index contributed by atoms with van der Waals surface area (Å²) in [6.07, 6.45) is -2.93. The van der Waals surface area contributed by atoms with Crippen LogP contribution >= 0.6 is 11.8 Å². The number of hydrogen-bond acceptors (Lipinski definition) is 8. The van der Waals surface area contributed by atoms with Crippen molar-refractivity contribution in [2.45, 2.75) is 26.6 Å². The second-order valence-corrected chi connectivity index (χ2v) is 11.0. The topological polar surface area (TPSA) is 135 Å². The molecular formula is C31H26F3N7O4S. The van der Waals surface area contributed by atoms with E-state index < -0.39 is 18.8 Å². The van der Waals surface area contributed by atoms with Crippen LogP contribution in [0.15, 0.2) is 72.0 Å². The van der Waals surface area contributed by atoms with E-state index in [0.717, 1.165) is 23.0 Å². The summed E-state index contributed by atoms with van der Waals surface area (Å²) in [6.45, 7) is 1.71. The molecule has 4 aromatic rings. The SMILES string of the molecule is Cc1ccc(COCC(F)(F)F)c(N2C(=O)CSC2=NC(=O)Nc2ccc(-c3ncn(-c4ccc(OCC#N)cc4)n3)cc2C)c1. The number of carbonyl (C=O) groups is 2. The van der Waals surface area contributed by atoms with Gasteiger partial charge in [0.25, 0.3) is 0 Å². The molecule has 0 aliphatic carbocycles. The Labute approximate surface area is 265 Å². The van der Waals surface area contributed by atoms with Crippen molar-refractivity contribution in [2.75, 3.05) is 29.2 Å². The summed E-state index contributed by atoms with van der Waals surface area (Å²) in [7, 11) is 0. The number of amides is 3. The number of nitriles is 1. The number of alkyl halides is 3. The Hall–Kier alpha value is -5.20. The van der Waals surface area contributed by atoms with Gasteiger partial charge in [0.05, 0.1) is 23.7 Å². The third kappa shape index (κ3) is 7.89. The summed E-state index contributed by atoms with van der Waals surface area (Å²) in [5.74, 6) is 0.657. The molecule has 0 radical (unpaired) electrons. The molecule has 0 atom stereocenters. The number of amidine groups is 1. The molecule has 11 nitrogen and oxygen atoms in total. The fourth-order valence-electron chi connectivity index (χ4n) is 4.47. The summed E-state index contributed by atoms with van der Waals surface area (Å²) >= 11 is 1.05. The second-order valence-electron chi connectivity index (χ2n) is 10.1. The Bertz CT molecular complexity index is 1840. The molecule has 3 aromatic carbocycles. The molecule has 1 aromatic heterocycles. The number of nitrogens with zero attached hydrogens (tertiary/aromatic N) is 6. The maximum Gasteiger partial charge on any atom is 0.411 e. The number of anilines is 2. The van der Waals surface area contributed by atoms with Gasteiger partial charge in [-0.05, 0) is 73.5 Å². The summed E-state index contributed by atoms with van der Waals surface area (Å²) in [4.78, 5) is 35.5.